The van der Waals surface area contributed by atoms with E-state index < -0.39 is 0 Å². The summed E-state index contributed by atoms with van der Waals surface area (Å²) < 4.78 is 10.7. The highest BCUT2D eigenvalue weighted by molar-refractivity contribution is 5.89. The van der Waals surface area contributed by atoms with Crippen molar-refractivity contribution in [1.82, 2.24) is 14.7 Å². The fraction of sp³-hybridized carbons (Fsp3) is 0.560. The molecule has 2 bridgehead atoms. The first-order chi connectivity index (χ1) is 16.0. The van der Waals surface area contributed by atoms with Crippen molar-refractivity contribution in [2.24, 2.45) is 11.8 Å². The maximum absolute atomic E-state index is 13.2. The van der Waals surface area contributed by atoms with Gasteiger partial charge in [0, 0.05) is 38.3 Å². The normalized spacial score (nSPS) is 26.5. The molecule has 4 aliphatic rings. The second-order valence-corrected chi connectivity index (χ2v) is 9.59. The molecule has 3 saturated heterocycles. The summed E-state index contributed by atoms with van der Waals surface area (Å²) in [5, 5.41) is 0. The molecule has 3 atom stereocenters. The fourth-order valence-electron chi connectivity index (χ4n) is 5.96. The first-order valence-corrected chi connectivity index (χ1v) is 11.8. The minimum atomic E-state index is -0.119. The molecule has 33 heavy (non-hydrogen) atoms. The van der Waals surface area contributed by atoms with Crippen LogP contribution in [0, 0.1) is 11.8 Å². The average Bonchev–Trinajstić information content (AvgIpc) is 2.96. The van der Waals surface area contributed by atoms with Crippen LogP contribution in [0.5, 0.6) is 11.5 Å². The number of likely N-dealkylation sites (tertiary alicyclic amines) is 1. The van der Waals surface area contributed by atoms with E-state index in [1.54, 1.807) is 20.4 Å². The molecule has 3 amide bonds. The SMILES string of the molecule is COc1cc2c(cc1OC)CC(=O)N(CC(=O)N1C[C@H]3C[C@@H](C1)[C@H]1CCCC(=O)N1C3)C=C2. The van der Waals surface area contributed by atoms with Crippen LogP contribution in [0.2, 0.25) is 0 Å². The van der Waals surface area contributed by atoms with Crippen molar-refractivity contribution in [1.29, 1.82) is 0 Å². The lowest BCUT2D eigenvalue weighted by Gasteiger charge is -2.52. The lowest BCUT2D eigenvalue weighted by molar-refractivity contribution is -0.150. The summed E-state index contributed by atoms with van der Waals surface area (Å²) in [7, 11) is 3.15. The molecular formula is C25H31N3O5. The van der Waals surface area contributed by atoms with Gasteiger partial charge in [-0.1, -0.05) is 0 Å². The summed E-state index contributed by atoms with van der Waals surface area (Å²) in [5.41, 5.74) is 1.73. The monoisotopic (exact) mass is 453 g/mol. The van der Waals surface area contributed by atoms with Gasteiger partial charge in [-0.15, -0.1) is 0 Å². The number of nitrogens with zero attached hydrogens (tertiary/aromatic N) is 3. The van der Waals surface area contributed by atoms with Crippen LogP contribution in [0.4, 0.5) is 0 Å². The highest BCUT2D eigenvalue weighted by atomic mass is 16.5. The van der Waals surface area contributed by atoms with E-state index in [0.717, 1.165) is 36.9 Å². The Bertz CT molecular complexity index is 1010. The van der Waals surface area contributed by atoms with Gasteiger partial charge >= 0.3 is 0 Å². The van der Waals surface area contributed by atoms with E-state index in [-0.39, 0.29) is 36.7 Å². The highest BCUT2D eigenvalue weighted by Gasteiger charge is 2.44. The van der Waals surface area contributed by atoms with Crippen LogP contribution >= 0.6 is 0 Å². The summed E-state index contributed by atoms with van der Waals surface area (Å²) in [6.45, 7) is 2.12. The van der Waals surface area contributed by atoms with Gasteiger partial charge in [0.05, 0.1) is 20.6 Å². The summed E-state index contributed by atoms with van der Waals surface area (Å²) in [5.74, 6) is 1.97. The molecule has 5 rings (SSSR count). The van der Waals surface area contributed by atoms with Crippen molar-refractivity contribution < 1.29 is 23.9 Å². The predicted molar refractivity (Wildman–Crippen MR) is 122 cm³/mol. The van der Waals surface area contributed by atoms with Crippen LogP contribution in [0.25, 0.3) is 6.08 Å². The number of fused-ring (bicyclic) bond motifs is 5. The maximum atomic E-state index is 13.2. The molecule has 0 aliphatic carbocycles. The Balaban J connectivity index is 1.27. The molecule has 1 aromatic rings. The van der Waals surface area contributed by atoms with Crippen LogP contribution in [0.1, 0.15) is 36.8 Å². The smallest absolute Gasteiger partial charge is 0.242 e. The molecule has 0 N–H and O–H groups in total. The Kier molecular flexibility index (Phi) is 5.76. The van der Waals surface area contributed by atoms with Crippen LogP contribution < -0.4 is 9.47 Å². The number of hydrogen-bond donors (Lipinski definition) is 0. The van der Waals surface area contributed by atoms with Crippen LogP contribution in [-0.4, -0.2) is 78.9 Å². The largest absolute Gasteiger partial charge is 0.493 e. The molecule has 4 heterocycles. The van der Waals surface area contributed by atoms with Crippen molar-refractivity contribution >= 4 is 23.8 Å². The Hall–Kier alpha value is -3.03. The van der Waals surface area contributed by atoms with Gasteiger partial charge in [-0.25, -0.2) is 0 Å². The lowest BCUT2D eigenvalue weighted by Crippen LogP contribution is -2.61. The summed E-state index contributed by atoms with van der Waals surface area (Å²) >= 11 is 0. The Morgan fingerprint density at radius 3 is 2.64 bits per heavy atom. The number of amides is 3. The molecule has 176 valence electrons. The summed E-state index contributed by atoms with van der Waals surface area (Å²) in [6, 6.07) is 3.94. The zero-order valence-electron chi connectivity index (χ0n) is 19.3. The molecule has 0 radical (unpaired) electrons. The Morgan fingerprint density at radius 1 is 1.06 bits per heavy atom. The molecule has 1 aromatic carbocycles. The minimum Gasteiger partial charge on any atom is -0.493 e. The molecular weight excluding hydrogens is 422 g/mol. The third kappa shape index (κ3) is 4.07. The maximum Gasteiger partial charge on any atom is 0.242 e. The standard InChI is InChI=1S/C25H31N3O5/c1-32-21-9-17-6-7-26(24(30)11-18(17)10-22(21)33-2)15-25(31)27-12-16-8-19(14-27)20-4-3-5-23(29)28(20)13-16/h6-7,9-10,16,19-20H,3-5,8,11-15H2,1-2H3/t16-,19+,20-/m1/s1. The Morgan fingerprint density at radius 2 is 1.85 bits per heavy atom. The van der Waals surface area contributed by atoms with E-state index in [0.29, 0.717) is 42.8 Å². The van der Waals surface area contributed by atoms with Gasteiger partial charge in [-0.3, -0.25) is 14.4 Å². The van der Waals surface area contributed by atoms with Gasteiger partial charge in [0.25, 0.3) is 0 Å². The topological polar surface area (TPSA) is 79.4 Å². The van der Waals surface area contributed by atoms with Crippen LogP contribution in [0.15, 0.2) is 18.3 Å². The zero-order valence-corrected chi connectivity index (χ0v) is 19.3. The van der Waals surface area contributed by atoms with Crippen LogP contribution in [-0.2, 0) is 20.8 Å². The van der Waals surface area contributed by atoms with E-state index in [1.165, 1.54) is 4.90 Å². The van der Waals surface area contributed by atoms with Crippen molar-refractivity contribution in [3.8, 4) is 11.5 Å². The molecule has 8 nitrogen and oxygen atoms in total. The third-order valence-electron chi connectivity index (χ3n) is 7.58. The van der Waals surface area contributed by atoms with Crippen molar-refractivity contribution in [2.75, 3.05) is 40.4 Å². The van der Waals surface area contributed by atoms with E-state index in [9.17, 15) is 14.4 Å². The van der Waals surface area contributed by atoms with Gasteiger partial charge < -0.3 is 24.2 Å². The van der Waals surface area contributed by atoms with E-state index in [4.69, 9.17) is 9.47 Å². The van der Waals surface area contributed by atoms with E-state index >= 15 is 0 Å². The third-order valence-corrected chi connectivity index (χ3v) is 7.58. The molecule has 0 aromatic heterocycles. The number of carbonyl (C=O) groups is 3. The van der Waals surface area contributed by atoms with Crippen LogP contribution in [0.3, 0.4) is 0 Å². The quantitative estimate of drug-likeness (QED) is 0.696. The zero-order chi connectivity index (χ0) is 23.1. The second-order valence-electron chi connectivity index (χ2n) is 9.59. The number of methoxy groups -OCH3 is 2. The average molecular weight is 454 g/mol. The number of ether oxygens (including phenoxy) is 2. The van der Waals surface area contributed by atoms with Gasteiger partial charge in [0.15, 0.2) is 11.5 Å². The fourth-order valence-corrected chi connectivity index (χ4v) is 5.96. The lowest BCUT2D eigenvalue weighted by atomic mass is 9.76. The summed E-state index contributed by atoms with van der Waals surface area (Å²) in [6.07, 6.45) is 7.46. The van der Waals surface area contributed by atoms with Crippen molar-refractivity contribution in [3.05, 3.63) is 29.5 Å². The Labute approximate surface area is 194 Å². The number of piperidine rings is 3. The van der Waals surface area contributed by atoms with Gasteiger partial charge in [-0.2, -0.15) is 0 Å². The first kappa shape index (κ1) is 21.8. The number of hydrogen-bond acceptors (Lipinski definition) is 5. The van der Waals surface area contributed by atoms with Crippen molar-refractivity contribution in [2.45, 2.75) is 38.1 Å². The molecule has 0 spiro atoms. The predicted octanol–water partition coefficient (Wildman–Crippen LogP) is 1.92. The molecule has 3 fully saturated rings. The van der Waals surface area contributed by atoms with Gasteiger partial charge in [0.1, 0.15) is 6.54 Å². The molecule has 0 saturated carbocycles. The van der Waals surface area contributed by atoms with Crippen molar-refractivity contribution in [3.63, 3.8) is 0 Å². The summed E-state index contributed by atoms with van der Waals surface area (Å²) in [4.78, 5) is 44.1. The number of benzene rings is 1. The first-order valence-electron chi connectivity index (χ1n) is 11.8. The molecule has 8 heteroatoms. The highest BCUT2D eigenvalue weighted by Crippen LogP contribution is 2.38. The van der Waals surface area contributed by atoms with E-state index in [2.05, 4.69) is 4.90 Å². The number of carbonyl (C=O) groups excluding carboxylic acids is 3. The number of rotatable bonds is 4. The molecule has 0 unspecified atom stereocenters. The molecule has 4 aliphatic heterocycles. The van der Waals surface area contributed by atoms with Gasteiger partial charge in [-0.05, 0) is 60.4 Å². The minimum absolute atomic E-state index is 0.0283. The van der Waals surface area contributed by atoms with Gasteiger partial charge in [0.2, 0.25) is 17.7 Å². The second kappa shape index (κ2) is 8.72. The van der Waals surface area contributed by atoms with E-state index in [1.807, 2.05) is 23.1 Å².